The Kier molecular flexibility index (Phi) is 2.74. The van der Waals surface area contributed by atoms with Crippen LogP contribution in [0.2, 0.25) is 0 Å². The van der Waals surface area contributed by atoms with Gasteiger partial charge in [-0.3, -0.25) is 0 Å². The van der Waals surface area contributed by atoms with Gasteiger partial charge in [0, 0.05) is 6.42 Å². The fourth-order valence-electron chi connectivity index (χ4n) is 2.34. The van der Waals surface area contributed by atoms with Crippen LogP contribution in [0.3, 0.4) is 0 Å². The number of hydrogen-bond donors (Lipinski definition) is 1. The van der Waals surface area contributed by atoms with Gasteiger partial charge >= 0.3 is 0 Å². The Balaban J connectivity index is 2.45. The molecular formula is C12H18N2O2. The molecule has 4 heteroatoms. The minimum absolute atomic E-state index is 0.0809. The first-order chi connectivity index (χ1) is 7.57. The Labute approximate surface area is 95.3 Å². The van der Waals surface area contributed by atoms with Crippen molar-refractivity contribution in [1.29, 1.82) is 0 Å². The highest BCUT2D eigenvalue weighted by atomic mass is 16.5. The van der Waals surface area contributed by atoms with Crippen molar-refractivity contribution in [3.63, 3.8) is 0 Å². The second kappa shape index (κ2) is 3.92. The summed E-state index contributed by atoms with van der Waals surface area (Å²) in [6, 6.07) is 0. The Morgan fingerprint density at radius 2 is 2.19 bits per heavy atom. The largest absolute Gasteiger partial charge is 0.411 e. The molecular weight excluding hydrogens is 204 g/mol. The molecule has 1 aromatic rings. The molecule has 0 fully saturated rings. The maximum atomic E-state index is 9.10. The summed E-state index contributed by atoms with van der Waals surface area (Å²) in [4.78, 5) is 0. The number of fused-ring (bicyclic) bond motifs is 1. The molecule has 0 saturated carbocycles. The molecule has 0 radical (unpaired) electrons. The van der Waals surface area contributed by atoms with Crippen molar-refractivity contribution in [3.8, 4) is 0 Å². The van der Waals surface area contributed by atoms with Gasteiger partial charge < -0.3 is 9.73 Å². The van der Waals surface area contributed by atoms with Gasteiger partial charge in [-0.05, 0) is 18.3 Å². The van der Waals surface area contributed by atoms with E-state index < -0.39 is 0 Å². The maximum absolute atomic E-state index is 9.10. The van der Waals surface area contributed by atoms with Crippen LogP contribution in [0, 0.1) is 5.41 Å². The molecule has 0 bridgehead atoms. The normalized spacial score (nSPS) is 21.1. The molecule has 1 N–H and O–H groups in total. The summed E-state index contributed by atoms with van der Waals surface area (Å²) in [5.41, 5.74) is 2.68. The van der Waals surface area contributed by atoms with Crippen LogP contribution in [0.5, 0.6) is 0 Å². The van der Waals surface area contributed by atoms with Gasteiger partial charge in [-0.15, -0.1) is 0 Å². The molecule has 0 aromatic carbocycles. The number of rotatable bonds is 2. The average molecular weight is 222 g/mol. The number of nitrogens with zero attached hydrogens (tertiary/aromatic N) is 2. The zero-order valence-electron chi connectivity index (χ0n) is 10.1. The fourth-order valence-corrected chi connectivity index (χ4v) is 2.34. The van der Waals surface area contributed by atoms with E-state index in [0.29, 0.717) is 0 Å². The number of aryl methyl sites for hydroxylation is 1. The summed E-state index contributed by atoms with van der Waals surface area (Å²) in [6.45, 7) is 6.38. The van der Waals surface area contributed by atoms with Crippen LogP contribution in [0.15, 0.2) is 9.68 Å². The number of aromatic nitrogens is 1. The molecule has 0 unspecified atom stereocenters. The van der Waals surface area contributed by atoms with Gasteiger partial charge in [0.25, 0.3) is 0 Å². The molecule has 1 aromatic heterocycles. The van der Waals surface area contributed by atoms with Crippen molar-refractivity contribution < 1.29 is 9.73 Å². The summed E-state index contributed by atoms with van der Waals surface area (Å²) in [5, 5.41) is 16.6. The van der Waals surface area contributed by atoms with Crippen LogP contribution in [0.1, 0.15) is 50.6 Å². The van der Waals surface area contributed by atoms with E-state index in [1.54, 1.807) is 0 Å². The number of hydrogen-bond acceptors (Lipinski definition) is 4. The molecule has 0 spiro atoms. The van der Waals surface area contributed by atoms with Crippen LogP contribution < -0.4 is 0 Å². The van der Waals surface area contributed by atoms with Gasteiger partial charge in [-0.2, -0.15) is 0 Å². The lowest BCUT2D eigenvalue weighted by Crippen LogP contribution is -2.27. The second-order valence-electron chi connectivity index (χ2n) is 5.24. The summed E-state index contributed by atoms with van der Waals surface area (Å²) < 4.78 is 5.37. The molecule has 4 nitrogen and oxygen atoms in total. The van der Waals surface area contributed by atoms with Gasteiger partial charge in [0.15, 0.2) is 0 Å². The molecule has 0 aliphatic heterocycles. The van der Waals surface area contributed by atoms with Crippen molar-refractivity contribution in [1.82, 2.24) is 5.16 Å². The van der Waals surface area contributed by atoms with Gasteiger partial charge in [0.05, 0.1) is 17.0 Å². The molecule has 1 heterocycles. The lowest BCUT2D eigenvalue weighted by Gasteiger charge is -2.28. The predicted molar refractivity (Wildman–Crippen MR) is 60.9 cm³/mol. The highest BCUT2D eigenvalue weighted by molar-refractivity contribution is 6.03. The first-order valence-electron chi connectivity index (χ1n) is 5.76. The topological polar surface area (TPSA) is 58.6 Å². The zero-order valence-corrected chi connectivity index (χ0v) is 10.1. The first kappa shape index (κ1) is 11.2. The highest BCUT2D eigenvalue weighted by Crippen LogP contribution is 2.36. The molecule has 88 valence electrons. The van der Waals surface area contributed by atoms with E-state index in [2.05, 4.69) is 31.1 Å². The summed E-state index contributed by atoms with van der Waals surface area (Å²) in [7, 11) is 0. The third-order valence-corrected chi connectivity index (χ3v) is 3.01. The molecule has 2 rings (SSSR count). The van der Waals surface area contributed by atoms with E-state index in [-0.39, 0.29) is 5.41 Å². The van der Waals surface area contributed by atoms with Crippen LogP contribution in [0.25, 0.3) is 0 Å². The average Bonchev–Trinajstić information content (AvgIpc) is 2.59. The molecule has 0 saturated heterocycles. The van der Waals surface area contributed by atoms with E-state index in [0.717, 1.165) is 48.4 Å². The molecule has 1 aliphatic rings. The third-order valence-electron chi connectivity index (χ3n) is 3.01. The third kappa shape index (κ3) is 1.84. The summed E-state index contributed by atoms with van der Waals surface area (Å²) in [6.07, 6.45) is 3.52. The maximum Gasteiger partial charge on any atom is 0.146 e. The lowest BCUT2D eigenvalue weighted by atomic mass is 9.75. The van der Waals surface area contributed by atoms with Crippen LogP contribution in [-0.2, 0) is 12.8 Å². The summed E-state index contributed by atoms with van der Waals surface area (Å²) >= 11 is 0. The first-order valence-corrected chi connectivity index (χ1v) is 5.76. The van der Waals surface area contributed by atoms with Crippen molar-refractivity contribution >= 4 is 5.71 Å². The molecule has 1 aliphatic carbocycles. The van der Waals surface area contributed by atoms with E-state index in [1.807, 2.05) is 0 Å². The second-order valence-corrected chi connectivity index (χ2v) is 5.24. The SMILES string of the molecule is CCCc1noc2c1/C(=N\O)CC(C)(C)C2. The van der Waals surface area contributed by atoms with E-state index in [9.17, 15) is 0 Å². The minimum Gasteiger partial charge on any atom is -0.411 e. The standard InChI is InChI=1S/C12H18N2O2/c1-4-5-8-11-9(13-15)6-12(2,3)7-10(11)16-14-8/h15H,4-7H2,1-3H3/b13-9-. The van der Waals surface area contributed by atoms with Gasteiger partial charge in [0.2, 0.25) is 0 Å². The highest BCUT2D eigenvalue weighted by Gasteiger charge is 2.35. The quantitative estimate of drug-likeness (QED) is 0.618. The van der Waals surface area contributed by atoms with Crippen molar-refractivity contribution in [2.24, 2.45) is 10.6 Å². The Morgan fingerprint density at radius 3 is 2.81 bits per heavy atom. The monoisotopic (exact) mass is 222 g/mol. The van der Waals surface area contributed by atoms with E-state index >= 15 is 0 Å². The molecule has 0 amide bonds. The van der Waals surface area contributed by atoms with Crippen molar-refractivity contribution in [3.05, 3.63) is 17.0 Å². The van der Waals surface area contributed by atoms with Crippen LogP contribution in [0.4, 0.5) is 0 Å². The van der Waals surface area contributed by atoms with Crippen molar-refractivity contribution in [2.45, 2.75) is 46.5 Å². The minimum atomic E-state index is 0.0809. The van der Waals surface area contributed by atoms with Crippen LogP contribution >= 0.6 is 0 Å². The fraction of sp³-hybridized carbons (Fsp3) is 0.667. The Morgan fingerprint density at radius 1 is 1.44 bits per heavy atom. The van der Waals surface area contributed by atoms with Gasteiger partial charge in [-0.1, -0.05) is 37.5 Å². The predicted octanol–water partition coefficient (Wildman–Crippen LogP) is 2.78. The molecule has 0 atom stereocenters. The van der Waals surface area contributed by atoms with Crippen molar-refractivity contribution in [2.75, 3.05) is 0 Å². The zero-order chi connectivity index (χ0) is 11.8. The number of oxime groups is 1. The smallest absolute Gasteiger partial charge is 0.146 e. The Hall–Kier alpha value is -1.32. The summed E-state index contributed by atoms with van der Waals surface area (Å²) in [5.74, 6) is 0.868. The Bertz CT molecular complexity index is 419. The van der Waals surface area contributed by atoms with Gasteiger partial charge in [-0.25, -0.2) is 0 Å². The molecule has 16 heavy (non-hydrogen) atoms. The van der Waals surface area contributed by atoms with E-state index in [1.165, 1.54) is 0 Å². The van der Waals surface area contributed by atoms with E-state index in [4.69, 9.17) is 9.73 Å². The van der Waals surface area contributed by atoms with Gasteiger partial charge in [0.1, 0.15) is 5.76 Å². The lowest BCUT2D eigenvalue weighted by molar-refractivity contribution is 0.284. The van der Waals surface area contributed by atoms with Crippen LogP contribution in [-0.4, -0.2) is 16.1 Å².